The summed E-state index contributed by atoms with van der Waals surface area (Å²) in [5.74, 6) is 0.851. The maximum atomic E-state index is 12.0. The Morgan fingerprint density at radius 2 is 1.93 bits per heavy atom. The summed E-state index contributed by atoms with van der Waals surface area (Å²) in [5.41, 5.74) is 3.27. The quantitative estimate of drug-likeness (QED) is 0.593. The average molecular weight is 427 g/mol. The molecule has 2 aromatic heterocycles. The van der Waals surface area contributed by atoms with Gasteiger partial charge in [-0.15, -0.1) is 0 Å². The molecule has 0 saturated heterocycles. The van der Waals surface area contributed by atoms with Gasteiger partial charge >= 0.3 is 0 Å². The first-order valence-corrected chi connectivity index (χ1v) is 11.9. The van der Waals surface area contributed by atoms with E-state index in [0.717, 1.165) is 16.6 Å². The van der Waals surface area contributed by atoms with E-state index in [1.165, 1.54) is 13.2 Å². The largest absolute Gasteiger partial charge is 0.341 e. The van der Waals surface area contributed by atoms with Gasteiger partial charge in [-0.05, 0) is 38.0 Å². The summed E-state index contributed by atoms with van der Waals surface area (Å²) in [7, 11) is -3.27. The molecule has 0 bridgehead atoms. The Bertz CT molecular complexity index is 1260. The highest BCUT2D eigenvalue weighted by molar-refractivity contribution is 7.90. The van der Waals surface area contributed by atoms with E-state index < -0.39 is 9.84 Å². The topological polar surface area (TPSA) is 85.2 Å². The summed E-state index contributed by atoms with van der Waals surface area (Å²) in [6.07, 6.45) is 2.84. The van der Waals surface area contributed by atoms with Gasteiger partial charge in [0.05, 0.1) is 22.2 Å². The van der Waals surface area contributed by atoms with Crippen LogP contribution in [0.3, 0.4) is 0 Å². The maximum absolute atomic E-state index is 12.0. The predicted molar refractivity (Wildman–Crippen MR) is 117 cm³/mol. The van der Waals surface area contributed by atoms with Crippen molar-refractivity contribution in [2.24, 2.45) is 5.92 Å². The summed E-state index contributed by atoms with van der Waals surface area (Å²) in [4.78, 5) is 23.4. The highest BCUT2D eigenvalue weighted by Crippen LogP contribution is 2.38. The van der Waals surface area contributed by atoms with Crippen molar-refractivity contribution < 1.29 is 13.2 Å². The van der Waals surface area contributed by atoms with Crippen LogP contribution in [0.25, 0.3) is 10.9 Å². The molecule has 0 saturated carbocycles. The lowest BCUT2D eigenvalue weighted by atomic mass is 9.97. The van der Waals surface area contributed by atoms with E-state index >= 15 is 0 Å². The van der Waals surface area contributed by atoms with Crippen molar-refractivity contribution in [1.82, 2.24) is 14.5 Å². The van der Waals surface area contributed by atoms with E-state index in [0.29, 0.717) is 35.2 Å². The van der Waals surface area contributed by atoms with Crippen LogP contribution in [0.15, 0.2) is 35.4 Å². The number of sulfone groups is 1. The number of aryl methyl sites for hydroxylation is 1. The van der Waals surface area contributed by atoms with Gasteiger partial charge in [-0.3, -0.25) is 4.79 Å². The van der Waals surface area contributed by atoms with Crippen molar-refractivity contribution in [2.75, 3.05) is 17.7 Å². The molecule has 0 radical (unpaired) electrons. The maximum Gasteiger partial charge on any atom is 0.226 e. The summed E-state index contributed by atoms with van der Waals surface area (Å²) in [6, 6.07) is 7.48. The van der Waals surface area contributed by atoms with Gasteiger partial charge in [0.1, 0.15) is 0 Å². The van der Waals surface area contributed by atoms with Gasteiger partial charge in [0.25, 0.3) is 0 Å². The molecule has 0 unspecified atom stereocenters. The lowest BCUT2D eigenvalue weighted by Crippen LogP contribution is -2.41. The zero-order chi connectivity index (χ0) is 21.8. The standard InChI is InChI=1S/C22H26N4O3S/c1-13(2)21-20-10-16-6-7-17(30(5,28)29)11-19(16)25(20)8-9-26(21)22-23-12-18(15(4)27)14(3)24-22/h6-7,10-13,21H,8-9H2,1-5H3/t21-/m1/s1. The Balaban J connectivity index is 1.83. The van der Waals surface area contributed by atoms with Gasteiger partial charge in [-0.25, -0.2) is 18.4 Å². The van der Waals surface area contributed by atoms with Crippen LogP contribution in [-0.2, 0) is 16.4 Å². The molecular formula is C22H26N4O3S. The Morgan fingerprint density at radius 1 is 1.20 bits per heavy atom. The molecule has 1 aliphatic rings. The van der Waals surface area contributed by atoms with E-state index in [4.69, 9.17) is 0 Å². The molecule has 0 N–H and O–H groups in total. The van der Waals surface area contributed by atoms with Crippen LogP contribution in [0.5, 0.6) is 0 Å². The van der Waals surface area contributed by atoms with Crippen LogP contribution in [0.2, 0.25) is 0 Å². The Hall–Kier alpha value is -2.74. The normalized spacial score (nSPS) is 16.9. The molecule has 1 aromatic carbocycles. The van der Waals surface area contributed by atoms with Crippen molar-refractivity contribution in [1.29, 1.82) is 0 Å². The molecule has 0 amide bonds. The van der Waals surface area contributed by atoms with Gasteiger partial charge in [0, 0.05) is 42.1 Å². The first-order valence-electron chi connectivity index (χ1n) is 10.0. The number of fused-ring (bicyclic) bond motifs is 3. The first-order chi connectivity index (χ1) is 14.1. The van der Waals surface area contributed by atoms with Crippen LogP contribution >= 0.6 is 0 Å². The number of nitrogens with zero attached hydrogens (tertiary/aromatic N) is 4. The first kappa shape index (κ1) is 20.5. The number of rotatable bonds is 4. The number of ketones is 1. The van der Waals surface area contributed by atoms with Crippen molar-refractivity contribution >= 4 is 32.5 Å². The number of benzene rings is 1. The number of anilines is 1. The van der Waals surface area contributed by atoms with Gasteiger partial charge in [-0.2, -0.15) is 0 Å². The zero-order valence-corrected chi connectivity index (χ0v) is 18.7. The minimum Gasteiger partial charge on any atom is -0.341 e. The molecule has 7 nitrogen and oxygen atoms in total. The smallest absolute Gasteiger partial charge is 0.226 e. The molecule has 0 fully saturated rings. The van der Waals surface area contributed by atoms with Gasteiger partial charge in [-0.1, -0.05) is 19.9 Å². The van der Waals surface area contributed by atoms with Crippen molar-refractivity contribution in [2.45, 2.75) is 45.2 Å². The van der Waals surface area contributed by atoms with E-state index in [9.17, 15) is 13.2 Å². The lowest BCUT2D eigenvalue weighted by Gasteiger charge is -2.39. The Morgan fingerprint density at radius 3 is 2.53 bits per heavy atom. The van der Waals surface area contributed by atoms with Crippen molar-refractivity contribution in [3.8, 4) is 0 Å². The number of carbonyl (C=O) groups is 1. The fourth-order valence-corrected chi connectivity index (χ4v) is 4.99. The SMILES string of the molecule is CC(=O)c1cnc(N2CCn3c(cc4ccc(S(C)(=O)=O)cc43)[C@H]2C(C)C)nc1C. The molecule has 8 heteroatoms. The summed E-state index contributed by atoms with van der Waals surface area (Å²) in [6.45, 7) is 9.06. The third kappa shape index (κ3) is 3.39. The molecular weight excluding hydrogens is 400 g/mol. The third-order valence-corrected chi connectivity index (χ3v) is 6.88. The van der Waals surface area contributed by atoms with Crippen LogP contribution < -0.4 is 4.90 Å². The molecule has 0 spiro atoms. The summed E-state index contributed by atoms with van der Waals surface area (Å²) in [5, 5.41) is 1.02. The minimum absolute atomic E-state index is 0.0374. The highest BCUT2D eigenvalue weighted by atomic mass is 32.2. The highest BCUT2D eigenvalue weighted by Gasteiger charge is 2.33. The zero-order valence-electron chi connectivity index (χ0n) is 17.9. The molecule has 30 heavy (non-hydrogen) atoms. The third-order valence-electron chi connectivity index (χ3n) is 5.77. The molecule has 3 aromatic rings. The van der Waals surface area contributed by atoms with Crippen LogP contribution in [0.1, 0.15) is 48.6 Å². The minimum atomic E-state index is -3.27. The molecule has 158 valence electrons. The molecule has 1 aliphatic heterocycles. The van der Waals surface area contributed by atoms with Gasteiger partial charge in [0.2, 0.25) is 5.95 Å². The monoisotopic (exact) mass is 426 g/mol. The van der Waals surface area contributed by atoms with Gasteiger partial charge < -0.3 is 9.47 Å². The number of carbonyl (C=O) groups excluding carboxylic acids is 1. The van der Waals surface area contributed by atoms with Gasteiger partial charge in [0.15, 0.2) is 15.6 Å². The fourth-order valence-electron chi connectivity index (χ4n) is 4.35. The molecule has 3 heterocycles. The second-order valence-corrected chi connectivity index (χ2v) is 10.3. The number of aromatic nitrogens is 3. The fraction of sp³-hybridized carbons (Fsp3) is 0.409. The Kier molecular flexibility index (Phi) is 4.92. The number of hydrogen-bond acceptors (Lipinski definition) is 6. The van der Waals surface area contributed by atoms with Crippen molar-refractivity contribution in [3.05, 3.63) is 47.4 Å². The van der Waals surface area contributed by atoms with Crippen LogP contribution in [-0.4, -0.2) is 41.5 Å². The predicted octanol–water partition coefficient (Wildman–Crippen LogP) is 3.56. The van der Waals surface area contributed by atoms with Crippen LogP contribution in [0, 0.1) is 12.8 Å². The van der Waals surface area contributed by atoms with E-state index in [-0.39, 0.29) is 17.7 Å². The molecule has 4 rings (SSSR count). The Labute approximate surface area is 176 Å². The van der Waals surface area contributed by atoms with Crippen molar-refractivity contribution in [3.63, 3.8) is 0 Å². The summed E-state index contributed by atoms with van der Waals surface area (Å²) < 4.78 is 26.3. The van der Waals surface area contributed by atoms with E-state index in [2.05, 4.69) is 39.3 Å². The average Bonchev–Trinajstić information content (AvgIpc) is 3.03. The lowest BCUT2D eigenvalue weighted by molar-refractivity contribution is 0.101. The summed E-state index contributed by atoms with van der Waals surface area (Å²) >= 11 is 0. The van der Waals surface area contributed by atoms with E-state index in [1.54, 1.807) is 18.3 Å². The molecule has 1 atom stereocenters. The number of Topliss-reactive ketones (excluding diaryl/α,β-unsaturated/α-hetero) is 1. The number of hydrogen-bond donors (Lipinski definition) is 0. The second-order valence-electron chi connectivity index (χ2n) is 8.32. The van der Waals surface area contributed by atoms with Crippen LogP contribution in [0.4, 0.5) is 5.95 Å². The molecule has 0 aliphatic carbocycles. The second kappa shape index (κ2) is 7.19. The van der Waals surface area contributed by atoms with E-state index in [1.807, 2.05) is 13.0 Å².